The number of hydrogen-bond acceptors (Lipinski definition) is 8. The Morgan fingerprint density at radius 1 is 1.65 bits per heavy atom. The van der Waals surface area contributed by atoms with Gasteiger partial charge >= 0.3 is 0 Å². The summed E-state index contributed by atoms with van der Waals surface area (Å²) < 4.78 is 21.3. The SMILES string of the molecule is C[C@@]1(F)C(O)[C@@H](CO)OC1n1cnc2c(=O)[nH]c(N=NN)nc21. The van der Waals surface area contributed by atoms with Crippen molar-refractivity contribution in [2.75, 3.05) is 6.61 Å². The van der Waals surface area contributed by atoms with Crippen molar-refractivity contribution < 1.29 is 19.3 Å². The second-order valence-electron chi connectivity index (χ2n) is 5.23. The van der Waals surface area contributed by atoms with E-state index in [1.165, 1.54) is 0 Å². The molecule has 0 aliphatic carbocycles. The zero-order chi connectivity index (χ0) is 16.8. The Balaban J connectivity index is 2.15. The molecular weight excluding hydrogens is 313 g/mol. The van der Waals surface area contributed by atoms with Crippen molar-refractivity contribution in [3.63, 3.8) is 0 Å². The van der Waals surface area contributed by atoms with E-state index in [2.05, 4.69) is 25.3 Å². The summed E-state index contributed by atoms with van der Waals surface area (Å²) >= 11 is 0. The molecule has 0 bridgehead atoms. The van der Waals surface area contributed by atoms with Gasteiger partial charge in [-0.15, -0.1) is 0 Å². The summed E-state index contributed by atoms with van der Waals surface area (Å²) in [5.41, 5.74) is -2.94. The van der Waals surface area contributed by atoms with E-state index < -0.39 is 36.3 Å². The van der Waals surface area contributed by atoms with Crippen molar-refractivity contribution in [3.05, 3.63) is 16.7 Å². The van der Waals surface area contributed by atoms with E-state index >= 15 is 0 Å². The molecule has 12 heteroatoms. The molecule has 124 valence electrons. The molecule has 2 aromatic heterocycles. The number of imidazole rings is 1. The number of H-pyrrole nitrogens is 1. The monoisotopic (exact) mass is 327 g/mol. The quantitative estimate of drug-likeness (QED) is 0.321. The highest BCUT2D eigenvalue weighted by Crippen LogP contribution is 2.41. The van der Waals surface area contributed by atoms with Crippen LogP contribution in [0.4, 0.5) is 10.3 Å². The minimum absolute atomic E-state index is 0.0178. The van der Waals surface area contributed by atoms with Gasteiger partial charge in [-0.05, 0) is 6.92 Å². The number of ether oxygens (including phenoxy) is 1. The first kappa shape index (κ1) is 15.5. The number of hydrogen-bond donors (Lipinski definition) is 4. The Morgan fingerprint density at radius 2 is 2.39 bits per heavy atom. The number of nitrogens with two attached hydrogens (primary N) is 1. The lowest BCUT2D eigenvalue weighted by atomic mass is 9.99. The van der Waals surface area contributed by atoms with Gasteiger partial charge in [0.25, 0.3) is 11.5 Å². The largest absolute Gasteiger partial charge is 0.394 e. The van der Waals surface area contributed by atoms with Crippen LogP contribution in [-0.4, -0.2) is 54.2 Å². The molecule has 2 unspecified atom stereocenters. The second-order valence-corrected chi connectivity index (χ2v) is 5.23. The van der Waals surface area contributed by atoms with Gasteiger partial charge in [-0.1, -0.05) is 10.3 Å². The first-order valence-corrected chi connectivity index (χ1v) is 6.61. The van der Waals surface area contributed by atoms with Crippen molar-refractivity contribution in [1.82, 2.24) is 19.5 Å². The van der Waals surface area contributed by atoms with Gasteiger partial charge in [-0.2, -0.15) is 4.98 Å². The molecule has 2 aromatic rings. The van der Waals surface area contributed by atoms with Crippen LogP contribution in [0.25, 0.3) is 11.2 Å². The van der Waals surface area contributed by atoms with Crippen molar-refractivity contribution >= 4 is 17.1 Å². The summed E-state index contributed by atoms with van der Waals surface area (Å²) in [5.74, 6) is 4.73. The summed E-state index contributed by atoms with van der Waals surface area (Å²) in [6.45, 7) is 0.557. The maximum absolute atomic E-state index is 14.8. The number of aliphatic hydroxyl groups is 2. The van der Waals surface area contributed by atoms with Crippen molar-refractivity contribution in [2.45, 2.75) is 31.0 Å². The molecule has 11 nitrogen and oxygen atoms in total. The molecule has 4 atom stereocenters. The van der Waals surface area contributed by atoms with Gasteiger partial charge in [-0.3, -0.25) is 14.3 Å². The topological polar surface area (TPSA) is 164 Å². The molecule has 3 heterocycles. The average Bonchev–Trinajstić information content (AvgIpc) is 3.00. The van der Waals surface area contributed by atoms with E-state index in [0.29, 0.717) is 0 Å². The number of aliphatic hydroxyl groups excluding tert-OH is 2. The number of nitrogens with one attached hydrogen (secondary N) is 1. The summed E-state index contributed by atoms with van der Waals surface area (Å²) in [6, 6.07) is 0. The van der Waals surface area contributed by atoms with Gasteiger partial charge < -0.3 is 20.8 Å². The van der Waals surface area contributed by atoms with Crippen molar-refractivity contribution in [3.8, 4) is 0 Å². The van der Waals surface area contributed by atoms with Gasteiger partial charge in [0.15, 0.2) is 23.1 Å². The Bertz CT molecular complexity index is 816. The molecule has 1 fully saturated rings. The average molecular weight is 327 g/mol. The summed E-state index contributed by atoms with van der Waals surface area (Å²) in [4.78, 5) is 22.1. The highest BCUT2D eigenvalue weighted by molar-refractivity contribution is 5.70. The fourth-order valence-corrected chi connectivity index (χ4v) is 2.55. The highest BCUT2D eigenvalue weighted by atomic mass is 19.1. The van der Waals surface area contributed by atoms with E-state index in [0.717, 1.165) is 17.8 Å². The normalized spacial score (nSPS) is 31.4. The van der Waals surface area contributed by atoms with Crippen LogP contribution in [0, 0.1) is 0 Å². The molecule has 0 saturated carbocycles. The first-order valence-electron chi connectivity index (χ1n) is 6.61. The fourth-order valence-electron chi connectivity index (χ4n) is 2.55. The summed E-state index contributed by atoms with van der Waals surface area (Å²) in [6.07, 6.45) is -2.85. The number of alkyl halides is 1. The van der Waals surface area contributed by atoms with E-state index in [9.17, 15) is 14.3 Å². The lowest BCUT2D eigenvalue weighted by molar-refractivity contribution is -0.0566. The van der Waals surface area contributed by atoms with Crippen LogP contribution in [-0.2, 0) is 4.74 Å². The molecule has 23 heavy (non-hydrogen) atoms. The van der Waals surface area contributed by atoms with Gasteiger partial charge in [0, 0.05) is 0 Å². The molecule has 0 spiro atoms. The van der Waals surface area contributed by atoms with Crippen LogP contribution in [0.5, 0.6) is 0 Å². The van der Waals surface area contributed by atoms with E-state index in [-0.39, 0.29) is 17.1 Å². The first-order chi connectivity index (χ1) is 10.9. The minimum Gasteiger partial charge on any atom is -0.394 e. The Labute approximate surface area is 127 Å². The molecule has 0 aromatic carbocycles. The predicted molar refractivity (Wildman–Crippen MR) is 73.4 cm³/mol. The maximum atomic E-state index is 14.8. The zero-order valence-corrected chi connectivity index (χ0v) is 11.9. The van der Waals surface area contributed by atoms with Crippen LogP contribution in [0.1, 0.15) is 13.2 Å². The zero-order valence-electron chi connectivity index (χ0n) is 11.9. The Hall–Kier alpha value is -2.44. The smallest absolute Gasteiger partial charge is 0.280 e. The number of rotatable bonds is 3. The van der Waals surface area contributed by atoms with Crippen molar-refractivity contribution in [2.24, 2.45) is 16.2 Å². The minimum atomic E-state index is -2.24. The lowest BCUT2D eigenvalue weighted by Gasteiger charge is -2.24. The molecule has 1 aliphatic heterocycles. The van der Waals surface area contributed by atoms with Crippen molar-refractivity contribution in [1.29, 1.82) is 0 Å². The molecule has 0 amide bonds. The number of aromatic amines is 1. The maximum Gasteiger partial charge on any atom is 0.280 e. The molecule has 1 saturated heterocycles. The van der Waals surface area contributed by atoms with Crippen LogP contribution in [0.2, 0.25) is 0 Å². The molecule has 1 aliphatic rings. The standard InChI is InChI=1S/C11H14FN7O4/c1-11(12)6(21)4(2-20)23-9(11)19-3-14-5-7(19)15-10(17-18-13)16-8(5)22/h3-4,6,9,20-21H,2H2,1H3,(H3,13,15,16,17,22)/t4-,6?,9?,11-/m1/s1. The molecular formula is C11H14FN7O4. The lowest BCUT2D eigenvalue weighted by Crippen LogP contribution is -2.40. The number of nitrogens with zero attached hydrogens (tertiary/aromatic N) is 5. The number of aromatic nitrogens is 4. The number of halogens is 1. The molecule has 5 N–H and O–H groups in total. The van der Waals surface area contributed by atoms with Gasteiger partial charge in [-0.25, -0.2) is 9.37 Å². The molecule has 0 radical (unpaired) electrons. The fraction of sp³-hybridized carbons (Fsp3) is 0.545. The van der Waals surface area contributed by atoms with Crippen LogP contribution < -0.4 is 11.4 Å². The van der Waals surface area contributed by atoms with Gasteiger partial charge in [0.2, 0.25) is 0 Å². The van der Waals surface area contributed by atoms with E-state index in [1.54, 1.807) is 0 Å². The summed E-state index contributed by atoms with van der Waals surface area (Å²) in [7, 11) is 0. The summed E-state index contributed by atoms with van der Waals surface area (Å²) in [5, 5.41) is 25.5. The third kappa shape index (κ3) is 2.27. The van der Waals surface area contributed by atoms with Crippen LogP contribution >= 0.6 is 0 Å². The highest BCUT2D eigenvalue weighted by Gasteiger charge is 2.55. The number of fused-ring (bicyclic) bond motifs is 1. The van der Waals surface area contributed by atoms with Gasteiger partial charge in [0.05, 0.1) is 12.9 Å². The van der Waals surface area contributed by atoms with E-state index in [4.69, 9.17) is 15.7 Å². The predicted octanol–water partition coefficient (Wildman–Crippen LogP) is -0.944. The van der Waals surface area contributed by atoms with Crippen LogP contribution in [0.15, 0.2) is 21.5 Å². The third-order valence-corrected chi connectivity index (χ3v) is 3.72. The Kier molecular flexibility index (Phi) is 3.58. The van der Waals surface area contributed by atoms with E-state index in [1.807, 2.05) is 0 Å². The third-order valence-electron chi connectivity index (χ3n) is 3.72. The Morgan fingerprint density at radius 3 is 3.00 bits per heavy atom. The van der Waals surface area contributed by atoms with Crippen LogP contribution in [0.3, 0.4) is 0 Å². The molecule has 3 rings (SSSR count). The van der Waals surface area contributed by atoms with Gasteiger partial charge in [0.1, 0.15) is 12.2 Å². The second kappa shape index (κ2) is 5.33.